The second-order valence-corrected chi connectivity index (χ2v) is 5.59. The Bertz CT molecular complexity index is 656. The van der Waals surface area contributed by atoms with Gasteiger partial charge in [-0.15, -0.1) is 0 Å². The molecule has 23 heavy (non-hydrogen) atoms. The van der Waals surface area contributed by atoms with Crippen molar-refractivity contribution in [1.82, 2.24) is 14.7 Å². The molecule has 2 aromatic rings. The molecule has 0 fully saturated rings. The molecule has 1 aromatic carbocycles. The first-order valence-electron chi connectivity index (χ1n) is 7.61. The summed E-state index contributed by atoms with van der Waals surface area (Å²) in [4.78, 5) is 12.3. The maximum atomic E-state index is 10.6. The standard InChI is InChI=1S/C16H22N4O3/c1-3-18(9-14-7-5-4-6-13(14)2)11-16(21)12-19-10-15(8-17-19)20(22)23/h4-8,10,16,21H,3,9,11-12H2,1-2H3. The molecule has 0 saturated heterocycles. The van der Waals surface area contributed by atoms with Gasteiger partial charge in [0.25, 0.3) is 0 Å². The lowest BCUT2D eigenvalue weighted by Gasteiger charge is -2.24. The molecule has 7 heteroatoms. The number of benzene rings is 1. The molecule has 1 unspecified atom stereocenters. The van der Waals surface area contributed by atoms with Crippen LogP contribution in [0.5, 0.6) is 0 Å². The monoisotopic (exact) mass is 318 g/mol. The molecule has 0 radical (unpaired) electrons. The number of aryl methyl sites for hydroxylation is 1. The van der Waals surface area contributed by atoms with Gasteiger partial charge in [-0.1, -0.05) is 31.2 Å². The zero-order chi connectivity index (χ0) is 16.8. The van der Waals surface area contributed by atoms with Crippen molar-refractivity contribution in [3.8, 4) is 0 Å². The van der Waals surface area contributed by atoms with Gasteiger partial charge in [-0.05, 0) is 24.6 Å². The number of nitro groups is 1. The summed E-state index contributed by atoms with van der Waals surface area (Å²) in [7, 11) is 0. The minimum Gasteiger partial charge on any atom is -0.390 e. The van der Waals surface area contributed by atoms with Crippen molar-refractivity contribution in [2.24, 2.45) is 0 Å². The van der Waals surface area contributed by atoms with Gasteiger partial charge in [-0.2, -0.15) is 5.10 Å². The molecule has 0 bridgehead atoms. The lowest BCUT2D eigenvalue weighted by molar-refractivity contribution is -0.385. The van der Waals surface area contributed by atoms with Crippen LogP contribution in [0, 0.1) is 17.0 Å². The Morgan fingerprint density at radius 3 is 2.78 bits per heavy atom. The Labute approximate surface area is 135 Å². The summed E-state index contributed by atoms with van der Waals surface area (Å²) in [6.07, 6.45) is 1.89. The van der Waals surface area contributed by atoms with Crippen LogP contribution in [0.4, 0.5) is 5.69 Å². The van der Waals surface area contributed by atoms with E-state index in [-0.39, 0.29) is 12.2 Å². The topological polar surface area (TPSA) is 84.4 Å². The highest BCUT2D eigenvalue weighted by Crippen LogP contribution is 2.12. The van der Waals surface area contributed by atoms with Crippen LogP contribution >= 0.6 is 0 Å². The minimum atomic E-state index is -0.640. The zero-order valence-electron chi connectivity index (χ0n) is 13.4. The lowest BCUT2D eigenvalue weighted by atomic mass is 10.1. The largest absolute Gasteiger partial charge is 0.390 e. The average molecular weight is 318 g/mol. The molecule has 0 spiro atoms. The Morgan fingerprint density at radius 1 is 1.43 bits per heavy atom. The highest BCUT2D eigenvalue weighted by atomic mass is 16.6. The maximum Gasteiger partial charge on any atom is 0.306 e. The summed E-state index contributed by atoms with van der Waals surface area (Å²) in [5.74, 6) is 0. The quantitative estimate of drug-likeness (QED) is 0.594. The van der Waals surface area contributed by atoms with Crippen molar-refractivity contribution < 1.29 is 10.0 Å². The molecule has 1 N–H and O–H groups in total. The third kappa shape index (κ3) is 4.87. The van der Waals surface area contributed by atoms with Gasteiger partial charge in [0.15, 0.2) is 0 Å². The van der Waals surface area contributed by atoms with Gasteiger partial charge in [-0.25, -0.2) is 0 Å². The SMILES string of the molecule is CCN(Cc1ccccc1C)CC(O)Cn1cc([N+](=O)[O-])cn1. The number of hydrogen-bond donors (Lipinski definition) is 1. The van der Waals surface area contributed by atoms with Crippen LogP contribution in [0.3, 0.4) is 0 Å². The average Bonchev–Trinajstić information content (AvgIpc) is 2.97. The molecule has 2 rings (SSSR count). The number of likely N-dealkylation sites (N-methyl/N-ethyl adjacent to an activating group) is 1. The second-order valence-electron chi connectivity index (χ2n) is 5.59. The van der Waals surface area contributed by atoms with E-state index in [2.05, 4.69) is 29.1 Å². The van der Waals surface area contributed by atoms with Crippen molar-refractivity contribution in [3.63, 3.8) is 0 Å². The van der Waals surface area contributed by atoms with Crippen molar-refractivity contribution in [1.29, 1.82) is 0 Å². The molecule has 1 heterocycles. The fourth-order valence-electron chi connectivity index (χ4n) is 2.45. The third-order valence-corrected chi connectivity index (χ3v) is 3.80. The molecule has 0 aliphatic carbocycles. The number of nitrogens with zero attached hydrogens (tertiary/aromatic N) is 4. The first-order valence-corrected chi connectivity index (χ1v) is 7.61. The fourth-order valence-corrected chi connectivity index (χ4v) is 2.45. The van der Waals surface area contributed by atoms with Gasteiger partial charge >= 0.3 is 5.69 Å². The summed E-state index contributed by atoms with van der Waals surface area (Å²) < 4.78 is 1.41. The van der Waals surface area contributed by atoms with Crippen LogP contribution in [0.1, 0.15) is 18.1 Å². The van der Waals surface area contributed by atoms with E-state index in [1.807, 2.05) is 19.1 Å². The number of aliphatic hydroxyl groups is 1. The van der Waals surface area contributed by atoms with Crippen LogP contribution < -0.4 is 0 Å². The molecule has 124 valence electrons. The number of aromatic nitrogens is 2. The summed E-state index contributed by atoms with van der Waals surface area (Å²) in [6.45, 7) is 6.41. The maximum absolute atomic E-state index is 10.6. The second kappa shape index (κ2) is 7.85. The summed E-state index contributed by atoms with van der Waals surface area (Å²) in [6, 6.07) is 8.17. The fraction of sp³-hybridized carbons (Fsp3) is 0.438. The number of rotatable bonds is 8. The predicted molar refractivity (Wildman–Crippen MR) is 87.0 cm³/mol. The summed E-state index contributed by atoms with van der Waals surface area (Å²) >= 11 is 0. The van der Waals surface area contributed by atoms with Gasteiger partial charge in [-0.3, -0.25) is 19.7 Å². The van der Waals surface area contributed by atoms with Crippen molar-refractivity contribution in [2.75, 3.05) is 13.1 Å². The zero-order valence-corrected chi connectivity index (χ0v) is 13.4. The Morgan fingerprint density at radius 2 is 2.17 bits per heavy atom. The molecule has 0 aliphatic rings. The Kier molecular flexibility index (Phi) is 5.84. The van der Waals surface area contributed by atoms with Gasteiger partial charge in [0.05, 0.1) is 17.6 Å². The van der Waals surface area contributed by atoms with E-state index in [4.69, 9.17) is 0 Å². The lowest BCUT2D eigenvalue weighted by Crippen LogP contribution is -2.34. The first kappa shape index (κ1) is 17.1. The van der Waals surface area contributed by atoms with Crippen LogP contribution in [-0.2, 0) is 13.1 Å². The minimum absolute atomic E-state index is 0.0653. The van der Waals surface area contributed by atoms with E-state index in [1.165, 1.54) is 28.2 Å². The highest BCUT2D eigenvalue weighted by molar-refractivity contribution is 5.25. The van der Waals surface area contributed by atoms with Crippen LogP contribution in [0.25, 0.3) is 0 Å². The number of aliphatic hydroxyl groups excluding tert-OH is 1. The molecular formula is C16H22N4O3. The van der Waals surface area contributed by atoms with E-state index in [9.17, 15) is 15.2 Å². The number of hydrogen-bond acceptors (Lipinski definition) is 5. The smallest absolute Gasteiger partial charge is 0.306 e. The molecule has 1 aromatic heterocycles. The normalized spacial score (nSPS) is 12.5. The summed E-state index contributed by atoms with van der Waals surface area (Å²) in [5, 5.41) is 24.8. The van der Waals surface area contributed by atoms with Crippen molar-refractivity contribution >= 4 is 5.69 Å². The first-order chi connectivity index (χ1) is 11.0. The van der Waals surface area contributed by atoms with Crippen molar-refractivity contribution in [2.45, 2.75) is 33.0 Å². The molecular weight excluding hydrogens is 296 g/mol. The third-order valence-electron chi connectivity index (χ3n) is 3.80. The Balaban J connectivity index is 1.92. The molecule has 0 amide bonds. The van der Waals surface area contributed by atoms with Crippen LogP contribution in [-0.4, -0.2) is 43.9 Å². The Hall–Kier alpha value is -2.25. The van der Waals surface area contributed by atoms with Gasteiger partial charge in [0.2, 0.25) is 0 Å². The summed E-state index contributed by atoms with van der Waals surface area (Å²) in [5.41, 5.74) is 2.39. The van der Waals surface area contributed by atoms with E-state index in [1.54, 1.807) is 0 Å². The van der Waals surface area contributed by atoms with Gasteiger partial charge < -0.3 is 5.11 Å². The van der Waals surface area contributed by atoms with Gasteiger partial charge in [0, 0.05) is 13.1 Å². The molecule has 1 atom stereocenters. The van der Waals surface area contributed by atoms with E-state index in [0.29, 0.717) is 6.54 Å². The van der Waals surface area contributed by atoms with Crippen LogP contribution in [0.15, 0.2) is 36.7 Å². The predicted octanol–water partition coefficient (Wildman–Crippen LogP) is 1.98. The van der Waals surface area contributed by atoms with Crippen molar-refractivity contribution in [3.05, 3.63) is 57.9 Å². The highest BCUT2D eigenvalue weighted by Gasteiger charge is 2.15. The molecule has 0 saturated carbocycles. The molecule has 7 nitrogen and oxygen atoms in total. The van der Waals surface area contributed by atoms with Gasteiger partial charge in [0.1, 0.15) is 12.4 Å². The van der Waals surface area contributed by atoms with Crippen LogP contribution in [0.2, 0.25) is 0 Å². The molecule has 0 aliphatic heterocycles. The van der Waals surface area contributed by atoms with E-state index >= 15 is 0 Å². The van der Waals surface area contributed by atoms with E-state index in [0.717, 1.165) is 13.1 Å². The van der Waals surface area contributed by atoms with E-state index < -0.39 is 11.0 Å².